The Morgan fingerprint density at radius 3 is 2.71 bits per heavy atom. The van der Waals surface area contributed by atoms with E-state index in [1.54, 1.807) is 18.2 Å². The lowest BCUT2D eigenvalue weighted by Gasteiger charge is -2.10. The van der Waals surface area contributed by atoms with Crippen LogP contribution in [0.1, 0.15) is 11.1 Å². The number of halogens is 2. The third-order valence-corrected chi connectivity index (χ3v) is 3.57. The molecule has 21 heavy (non-hydrogen) atoms. The summed E-state index contributed by atoms with van der Waals surface area (Å²) in [6, 6.07) is 11.9. The van der Waals surface area contributed by atoms with Gasteiger partial charge in [0.2, 0.25) is 0 Å². The van der Waals surface area contributed by atoms with Crippen LogP contribution in [-0.2, 0) is 6.42 Å². The molecule has 2 aromatic rings. The van der Waals surface area contributed by atoms with E-state index in [1.807, 2.05) is 25.1 Å². The number of aryl methyl sites for hydroxylation is 1. The van der Waals surface area contributed by atoms with Crippen LogP contribution in [-0.4, -0.2) is 12.6 Å². The summed E-state index contributed by atoms with van der Waals surface area (Å²) in [6.07, 6.45) is 0.458. The van der Waals surface area contributed by atoms with Crippen molar-refractivity contribution < 1.29 is 9.18 Å². The van der Waals surface area contributed by atoms with Crippen LogP contribution < -0.4 is 10.6 Å². The molecule has 0 aliphatic carbocycles. The van der Waals surface area contributed by atoms with Gasteiger partial charge in [0.25, 0.3) is 0 Å². The molecule has 0 radical (unpaired) electrons. The molecule has 0 saturated heterocycles. The van der Waals surface area contributed by atoms with Gasteiger partial charge in [0.15, 0.2) is 0 Å². The predicted octanol–water partition coefficient (Wildman–Crippen LogP) is 4.26. The zero-order valence-corrected chi connectivity index (χ0v) is 13.2. The smallest absolute Gasteiger partial charge is 0.319 e. The molecule has 2 rings (SSSR count). The molecule has 110 valence electrons. The average molecular weight is 351 g/mol. The first kappa shape index (κ1) is 15.5. The highest BCUT2D eigenvalue weighted by molar-refractivity contribution is 9.10. The van der Waals surface area contributed by atoms with E-state index in [0.717, 1.165) is 15.7 Å². The molecule has 0 aromatic heterocycles. The highest BCUT2D eigenvalue weighted by Crippen LogP contribution is 2.19. The monoisotopic (exact) mass is 350 g/mol. The number of hydrogen-bond acceptors (Lipinski definition) is 1. The Kier molecular flexibility index (Phi) is 5.33. The fourth-order valence-corrected chi connectivity index (χ4v) is 2.42. The van der Waals surface area contributed by atoms with Gasteiger partial charge in [0.05, 0.1) is 0 Å². The van der Waals surface area contributed by atoms with Gasteiger partial charge in [0, 0.05) is 16.7 Å². The quantitative estimate of drug-likeness (QED) is 0.849. The van der Waals surface area contributed by atoms with Crippen LogP contribution in [0.25, 0.3) is 0 Å². The van der Waals surface area contributed by atoms with Gasteiger partial charge >= 0.3 is 6.03 Å². The molecule has 0 aliphatic heterocycles. The minimum Gasteiger partial charge on any atom is -0.338 e. The van der Waals surface area contributed by atoms with Crippen molar-refractivity contribution in [3.05, 3.63) is 63.9 Å². The zero-order chi connectivity index (χ0) is 15.2. The summed E-state index contributed by atoms with van der Waals surface area (Å²) < 4.78 is 14.4. The molecule has 0 fully saturated rings. The molecule has 0 saturated carbocycles. The average Bonchev–Trinajstić information content (AvgIpc) is 2.44. The van der Waals surface area contributed by atoms with E-state index in [2.05, 4.69) is 26.6 Å². The number of amides is 2. The van der Waals surface area contributed by atoms with Gasteiger partial charge in [-0.1, -0.05) is 34.1 Å². The molecule has 2 aromatic carbocycles. The lowest BCUT2D eigenvalue weighted by molar-refractivity contribution is 0.252. The number of nitrogens with one attached hydrogen (secondary N) is 2. The number of carbonyl (C=O) groups excluding carboxylic acids is 1. The summed E-state index contributed by atoms with van der Waals surface area (Å²) in [5.41, 5.74) is 2.31. The third kappa shape index (κ3) is 4.56. The van der Waals surface area contributed by atoms with Crippen molar-refractivity contribution in [2.45, 2.75) is 13.3 Å². The summed E-state index contributed by atoms with van der Waals surface area (Å²) >= 11 is 3.37. The van der Waals surface area contributed by atoms with Crippen molar-refractivity contribution in [3.8, 4) is 0 Å². The second-order valence-corrected chi connectivity index (χ2v) is 5.60. The Hall–Kier alpha value is -1.88. The Balaban J connectivity index is 1.84. The minimum absolute atomic E-state index is 0.247. The number of benzene rings is 2. The molecule has 0 aliphatic rings. The van der Waals surface area contributed by atoms with Crippen LogP contribution in [0, 0.1) is 12.7 Å². The Labute approximate surface area is 131 Å². The Morgan fingerprint density at radius 1 is 1.24 bits per heavy atom. The summed E-state index contributed by atoms with van der Waals surface area (Å²) in [4.78, 5) is 11.8. The van der Waals surface area contributed by atoms with Crippen molar-refractivity contribution in [2.24, 2.45) is 0 Å². The second kappa shape index (κ2) is 7.22. The molecule has 5 heteroatoms. The topological polar surface area (TPSA) is 41.1 Å². The molecular formula is C16H16BrFN2O. The van der Waals surface area contributed by atoms with Crippen LogP contribution in [0.3, 0.4) is 0 Å². The number of urea groups is 1. The molecule has 0 unspecified atom stereocenters. The van der Waals surface area contributed by atoms with Crippen molar-refractivity contribution in [1.29, 1.82) is 0 Å². The van der Waals surface area contributed by atoms with Gasteiger partial charge in [-0.3, -0.25) is 0 Å². The molecule has 0 spiro atoms. The van der Waals surface area contributed by atoms with Crippen molar-refractivity contribution >= 4 is 27.6 Å². The summed E-state index contributed by atoms with van der Waals surface area (Å²) in [6.45, 7) is 2.29. The summed E-state index contributed by atoms with van der Waals surface area (Å²) in [5, 5.41) is 5.49. The Bertz CT molecular complexity index is 646. The van der Waals surface area contributed by atoms with E-state index in [-0.39, 0.29) is 11.8 Å². The number of carbonyl (C=O) groups is 1. The highest BCUT2D eigenvalue weighted by Gasteiger charge is 2.05. The van der Waals surface area contributed by atoms with Crippen molar-refractivity contribution in [1.82, 2.24) is 5.32 Å². The normalized spacial score (nSPS) is 10.2. The fraction of sp³-hybridized carbons (Fsp3) is 0.188. The number of anilines is 1. The maximum atomic E-state index is 13.4. The summed E-state index contributed by atoms with van der Waals surface area (Å²) in [7, 11) is 0. The first-order valence-corrected chi connectivity index (χ1v) is 7.40. The van der Waals surface area contributed by atoms with Crippen LogP contribution in [0.4, 0.5) is 14.9 Å². The van der Waals surface area contributed by atoms with E-state index in [1.165, 1.54) is 6.07 Å². The van der Waals surface area contributed by atoms with Crippen molar-refractivity contribution in [2.75, 3.05) is 11.9 Å². The fourth-order valence-electron chi connectivity index (χ4n) is 1.95. The first-order valence-electron chi connectivity index (χ1n) is 6.60. The van der Waals surface area contributed by atoms with Crippen molar-refractivity contribution in [3.63, 3.8) is 0 Å². The summed E-state index contributed by atoms with van der Waals surface area (Å²) in [5.74, 6) is -0.247. The van der Waals surface area contributed by atoms with Gasteiger partial charge in [-0.2, -0.15) is 0 Å². The maximum absolute atomic E-state index is 13.4. The van der Waals surface area contributed by atoms with Gasteiger partial charge in [-0.15, -0.1) is 0 Å². The van der Waals surface area contributed by atoms with E-state index in [4.69, 9.17) is 0 Å². The van der Waals surface area contributed by atoms with Gasteiger partial charge < -0.3 is 10.6 Å². The van der Waals surface area contributed by atoms with E-state index >= 15 is 0 Å². The largest absolute Gasteiger partial charge is 0.338 e. The minimum atomic E-state index is -0.295. The van der Waals surface area contributed by atoms with Gasteiger partial charge in [-0.05, 0) is 48.7 Å². The second-order valence-electron chi connectivity index (χ2n) is 4.68. The molecule has 2 N–H and O–H groups in total. The first-order chi connectivity index (χ1) is 10.1. The predicted molar refractivity (Wildman–Crippen MR) is 86.0 cm³/mol. The highest BCUT2D eigenvalue weighted by atomic mass is 79.9. The van der Waals surface area contributed by atoms with E-state index in [9.17, 15) is 9.18 Å². The standard InChI is InChI=1S/C16H16BrFN2O/c1-11-10-13(17)6-7-15(11)20-16(21)19-9-8-12-4-2-3-5-14(12)18/h2-7,10H,8-9H2,1H3,(H2,19,20,21). The van der Waals surface area contributed by atoms with Gasteiger partial charge in [-0.25, -0.2) is 9.18 Å². The molecule has 0 atom stereocenters. The third-order valence-electron chi connectivity index (χ3n) is 3.07. The zero-order valence-electron chi connectivity index (χ0n) is 11.6. The molecule has 3 nitrogen and oxygen atoms in total. The number of rotatable bonds is 4. The van der Waals surface area contributed by atoms with E-state index < -0.39 is 0 Å². The molecule has 0 heterocycles. The number of hydrogen-bond donors (Lipinski definition) is 2. The van der Waals surface area contributed by atoms with Crippen LogP contribution >= 0.6 is 15.9 Å². The lowest BCUT2D eigenvalue weighted by atomic mass is 10.1. The SMILES string of the molecule is Cc1cc(Br)ccc1NC(=O)NCCc1ccccc1F. The molecule has 2 amide bonds. The maximum Gasteiger partial charge on any atom is 0.319 e. The van der Waals surface area contributed by atoms with E-state index in [0.29, 0.717) is 18.5 Å². The Morgan fingerprint density at radius 2 is 2.00 bits per heavy atom. The van der Waals surface area contributed by atoms with Crippen LogP contribution in [0.15, 0.2) is 46.9 Å². The van der Waals surface area contributed by atoms with Crippen LogP contribution in [0.5, 0.6) is 0 Å². The lowest BCUT2D eigenvalue weighted by Crippen LogP contribution is -2.30. The van der Waals surface area contributed by atoms with Crippen LogP contribution in [0.2, 0.25) is 0 Å². The van der Waals surface area contributed by atoms with Gasteiger partial charge in [0.1, 0.15) is 5.82 Å². The molecular weight excluding hydrogens is 335 g/mol. The molecule has 0 bridgehead atoms.